The Morgan fingerprint density at radius 3 is 2.12 bits per heavy atom. The highest BCUT2D eigenvalue weighted by molar-refractivity contribution is 7.89. The summed E-state index contributed by atoms with van der Waals surface area (Å²) in [4.78, 5) is 4.27. The summed E-state index contributed by atoms with van der Waals surface area (Å²) in [7, 11) is -1.26. The Kier molecular flexibility index (Phi) is 5.96. The Labute approximate surface area is 156 Å². The van der Waals surface area contributed by atoms with Crippen LogP contribution in [-0.2, 0) is 23.0 Å². The molecule has 1 aliphatic rings. The zero-order chi connectivity index (χ0) is 18.6. The third-order valence-electron chi connectivity index (χ3n) is 5.03. The fourth-order valence-electron chi connectivity index (χ4n) is 3.14. The lowest BCUT2D eigenvalue weighted by Gasteiger charge is -2.31. The van der Waals surface area contributed by atoms with Crippen molar-refractivity contribution in [1.29, 1.82) is 0 Å². The summed E-state index contributed by atoms with van der Waals surface area (Å²) >= 11 is 0. The van der Waals surface area contributed by atoms with E-state index >= 15 is 0 Å². The van der Waals surface area contributed by atoms with Crippen molar-refractivity contribution in [1.82, 2.24) is 4.72 Å². The predicted molar refractivity (Wildman–Crippen MR) is 105 cm³/mol. The van der Waals surface area contributed by atoms with Crippen LogP contribution in [-0.4, -0.2) is 41.6 Å². The van der Waals surface area contributed by atoms with Gasteiger partial charge in [-0.15, -0.1) is 0 Å². The van der Waals surface area contributed by atoms with Crippen LogP contribution in [0.25, 0.3) is 0 Å². The molecule has 0 aliphatic carbocycles. The second-order valence-corrected chi connectivity index (χ2v) is 8.70. The van der Waals surface area contributed by atoms with Crippen molar-refractivity contribution in [2.45, 2.75) is 24.8 Å². The molecule has 1 heterocycles. The molecule has 0 amide bonds. The Balaban J connectivity index is 1.60. The SMILES string of the molecule is CCc1ccc(S(=O)(=O)NCc2ccc(N3CC[NH+](C)CC3)cc2)cc1. The quantitative estimate of drug-likeness (QED) is 0.795. The number of hydrogen-bond donors (Lipinski definition) is 2. The highest BCUT2D eigenvalue weighted by Crippen LogP contribution is 2.16. The Bertz CT molecular complexity index is 809. The minimum Gasteiger partial charge on any atom is -0.360 e. The van der Waals surface area contributed by atoms with E-state index in [9.17, 15) is 8.42 Å². The van der Waals surface area contributed by atoms with E-state index in [1.54, 1.807) is 17.0 Å². The van der Waals surface area contributed by atoms with E-state index in [0.717, 1.165) is 43.7 Å². The van der Waals surface area contributed by atoms with E-state index in [-0.39, 0.29) is 0 Å². The molecule has 0 atom stereocenters. The first kappa shape index (κ1) is 18.9. The van der Waals surface area contributed by atoms with Gasteiger partial charge in [-0.2, -0.15) is 0 Å². The normalized spacial score (nSPS) is 16.0. The molecule has 140 valence electrons. The van der Waals surface area contributed by atoms with Gasteiger partial charge in [0.05, 0.1) is 38.1 Å². The van der Waals surface area contributed by atoms with Crippen LogP contribution in [0.4, 0.5) is 5.69 Å². The maximum Gasteiger partial charge on any atom is 0.240 e. The molecular formula is C20H28N3O2S+. The number of rotatable bonds is 6. The molecule has 0 unspecified atom stereocenters. The minimum atomic E-state index is -3.48. The van der Waals surface area contributed by atoms with E-state index in [0.29, 0.717) is 11.4 Å². The first-order chi connectivity index (χ1) is 12.5. The molecule has 2 N–H and O–H groups in total. The van der Waals surface area contributed by atoms with Crippen LogP contribution in [0.3, 0.4) is 0 Å². The topological polar surface area (TPSA) is 53.9 Å². The summed E-state index contributed by atoms with van der Waals surface area (Å²) in [5.41, 5.74) is 3.30. The molecule has 0 bridgehead atoms. The monoisotopic (exact) mass is 374 g/mol. The largest absolute Gasteiger partial charge is 0.360 e. The lowest BCUT2D eigenvalue weighted by atomic mass is 10.2. The van der Waals surface area contributed by atoms with E-state index in [1.807, 2.05) is 24.3 Å². The second kappa shape index (κ2) is 8.20. The van der Waals surface area contributed by atoms with Crippen molar-refractivity contribution in [3.05, 3.63) is 59.7 Å². The van der Waals surface area contributed by atoms with Gasteiger partial charge in [0.1, 0.15) is 0 Å². The molecule has 0 saturated carbocycles. The molecule has 3 rings (SSSR count). The Hall–Kier alpha value is -1.89. The van der Waals surface area contributed by atoms with E-state index in [4.69, 9.17) is 0 Å². The number of likely N-dealkylation sites (N-methyl/N-ethyl adjacent to an activating group) is 1. The maximum absolute atomic E-state index is 12.4. The lowest BCUT2D eigenvalue weighted by Crippen LogP contribution is -3.12. The number of nitrogens with zero attached hydrogens (tertiary/aromatic N) is 1. The Morgan fingerprint density at radius 1 is 0.962 bits per heavy atom. The molecule has 1 aliphatic heterocycles. The molecule has 2 aromatic rings. The number of hydrogen-bond acceptors (Lipinski definition) is 3. The number of piperazine rings is 1. The van der Waals surface area contributed by atoms with Crippen molar-refractivity contribution in [3.63, 3.8) is 0 Å². The number of nitrogens with one attached hydrogen (secondary N) is 2. The average Bonchev–Trinajstić information content (AvgIpc) is 2.67. The minimum absolute atomic E-state index is 0.297. The van der Waals surface area contributed by atoms with Gasteiger partial charge in [-0.3, -0.25) is 0 Å². The fraction of sp³-hybridized carbons (Fsp3) is 0.400. The van der Waals surface area contributed by atoms with Gasteiger partial charge in [0.15, 0.2) is 0 Å². The number of aryl methyl sites for hydroxylation is 1. The van der Waals surface area contributed by atoms with Gasteiger partial charge in [-0.1, -0.05) is 31.2 Å². The smallest absolute Gasteiger partial charge is 0.240 e. The molecule has 2 aromatic carbocycles. The molecule has 0 radical (unpaired) electrons. The summed E-state index contributed by atoms with van der Waals surface area (Å²) in [6.07, 6.45) is 0.898. The van der Waals surface area contributed by atoms with Crippen LogP contribution < -0.4 is 14.5 Å². The third-order valence-corrected chi connectivity index (χ3v) is 6.44. The van der Waals surface area contributed by atoms with Crippen molar-refractivity contribution in [3.8, 4) is 0 Å². The molecule has 5 nitrogen and oxygen atoms in total. The zero-order valence-electron chi connectivity index (χ0n) is 15.5. The number of quaternary nitrogens is 1. The van der Waals surface area contributed by atoms with Gasteiger partial charge in [-0.25, -0.2) is 13.1 Å². The van der Waals surface area contributed by atoms with Crippen LogP contribution in [0.2, 0.25) is 0 Å². The van der Waals surface area contributed by atoms with Crippen LogP contribution >= 0.6 is 0 Å². The fourth-order valence-corrected chi connectivity index (χ4v) is 4.15. The molecule has 6 heteroatoms. The number of benzene rings is 2. The molecule has 0 spiro atoms. The predicted octanol–water partition coefficient (Wildman–Crippen LogP) is 1.06. The van der Waals surface area contributed by atoms with Crippen molar-refractivity contribution in [2.24, 2.45) is 0 Å². The van der Waals surface area contributed by atoms with Gasteiger partial charge in [0.2, 0.25) is 10.0 Å². The van der Waals surface area contributed by atoms with Crippen molar-refractivity contribution < 1.29 is 13.3 Å². The van der Waals surface area contributed by atoms with Crippen LogP contribution in [0.5, 0.6) is 0 Å². The summed E-state index contributed by atoms with van der Waals surface area (Å²) in [6, 6.07) is 15.2. The summed E-state index contributed by atoms with van der Waals surface area (Å²) in [5, 5.41) is 0. The van der Waals surface area contributed by atoms with Gasteiger partial charge in [0, 0.05) is 12.2 Å². The highest BCUT2D eigenvalue weighted by atomic mass is 32.2. The zero-order valence-corrected chi connectivity index (χ0v) is 16.3. The highest BCUT2D eigenvalue weighted by Gasteiger charge is 2.17. The van der Waals surface area contributed by atoms with Gasteiger partial charge in [-0.05, 0) is 41.8 Å². The maximum atomic E-state index is 12.4. The van der Waals surface area contributed by atoms with Crippen LogP contribution in [0, 0.1) is 0 Å². The van der Waals surface area contributed by atoms with E-state index in [2.05, 4.69) is 35.7 Å². The first-order valence-electron chi connectivity index (χ1n) is 9.22. The summed E-state index contributed by atoms with van der Waals surface area (Å²) < 4.78 is 27.5. The molecule has 26 heavy (non-hydrogen) atoms. The average molecular weight is 375 g/mol. The molecule has 1 saturated heterocycles. The van der Waals surface area contributed by atoms with Gasteiger partial charge in [0.25, 0.3) is 0 Å². The van der Waals surface area contributed by atoms with Gasteiger partial charge >= 0.3 is 0 Å². The van der Waals surface area contributed by atoms with Crippen LogP contribution in [0.15, 0.2) is 53.4 Å². The molecule has 0 aromatic heterocycles. The van der Waals surface area contributed by atoms with Crippen molar-refractivity contribution in [2.75, 3.05) is 38.1 Å². The lowest BCUT2D eigenvalue weighted by molar-refractivity contribution is -0.880. The first-order valence-corrected chi connectivity index (χ1v) is 10.7. The summed E-state index contributed by atoms with van der Waals surface area (Å²) in [5.74, 6) is 0. The van der Waals surface area contributed by atoms with E-state index in [1.165, 1.54) is 5.69 Å². The second-order valence-electron chi connectivity index (χ2n) is 6.93. The standard InChI is InChI=1S/C20H27N3O2S/c1-3-17-6-10-20(11-7-17)26(24,25)21-16-18-4-8-19(9-5-18)23-14-12-22(2)13-15-23/h4-11,21H,3,12-16H2,1-2H3/p+1. The summed E-state index contributed by atoms with van der Waals surface area (Å²) in [6.45, 7) is 6.77. The number of anilines is 1. The van der Waals surface area contributed by atoms with Crippen LogP contribution in [0.1, 0.15) is 18.1 Å². The number of sulfonamides is 1. The molecular weight excluding hydrogens is 346 g/mol. The Morgan fingerprint density at radius 2 is 1.54 bits per heavy atom. The molecule has 1 fully saturated rings. The third kappa shape index (κ3) is 4.63. The van der Waals surface area contributed by atoms with Gasteiger partial charge < -0.3 is 9.80 Å². The van der Waals surface area contributed by atoms with Crippen molar-refractivity contribution >= 4 is 15.7 Å². The van der Waals surface area contributed by atoms with E-state index < -0.39 is 10.0 Å².